The number of halogens is 3. The van der Waals surface area contributed by atoms with Gasteiger partial charge in [-0.15, -0.1) is 0 Å². The number of nitrogens with one attached hydrogen (secondary N) is 1. The summed E-state index contributed by atoms with van der Waals surface area (Å²) in [7, 11) is 0. The van der Waals surface area contributed by atoms with Crippen molar-refractivity contribution in [2.45, 2.75) is 12.8 Å². The number of aliphatic hydroxyl groups excluding tert-OH is 1. The minimum atomic E-state index is -1.51. The maximum absolute atomic E-state index is 13.5. The second-order valence-electron chi connectivity index (χ2n) is 7.26. The topological polar surface area (TPSA) is 65.5 Å². The summed E-state index contributed by atoms with van der Waals surface area (Å²) >= 11 is 0. The predicted molar refractivity (Wildman–Crippen MR) is 111 cm³/mol. The molecule has 1 aliphatic heterocycles. The maximum Gasteiger partial charge on any atom is 0.259 e. The van der Waals surface area contributed by atoms with Crippen molar-refractivity contribution in [2.75, 3.05) is 29.9 Å². The highest BCUT2D eigenvalue weighted by Gasteiger charge is 2.24. The van der Waals surface area contributed by atoms with Gasteiger partial charge in [-0.1, -0.05) is 6.07 Å². The van der Waals surface area contributed by atoms with E-state index in [-0.39, 0.29) is 31.0 Å². The fraction of sp³-hybridized carbons (Fsp3) is 0.217. The maximum atomic E-state index is 13.5. The van der Waals surface area contributed by atoms with Gasteiger partial charge in [0.25, 0.3) is 5.91 Å². The number of aliphatic hydroxyl groups is 1. The molecule has 0 spiro atoms. The van der Waals surface area contributed by atoms with Gasteiger partial charge in [0.05, 0.1) is 13.2 Å². The normalized spacial score (nSPS) is 12.4. The fourth-order valence-electron chi connectivity index (χ4n) is 3.77. The lowest BCUT2D eigenvalue weighted by Gasteiger charge is -2.22. The first-order chi connectivity index (χ1) is 15.0. The summed E-state index contributed by atoms with van der Waals surface area (Å²) in [6.45, 7) is 0.518. The minimum Gasteiger partial charge on any atom is -0.395 e. The molecule has 0 saturated carbocycles. The van der Waals surface area contributed by atoms with Gasteiger partial charge >= 0.3 is 0 Å². The Morgan fingerprint density at radius 1 is 1.10 bits per heavy atom. The van der Waals surface area contributed by atoms with Crippen LogP contribution in [0.4, 0.5) is 24.7 Å². The lowest BCUT2D eigenvalue weighted by Crippen LogP contribution is -2.34. The minimum absolute atomic E-state index is 0.0339. The zero-order valence-corrected chi connectivity index (χ0v) is 16.5. The number of amides is 1. The molecule has 1 aromatic heterocycles. The van der Waals surface area contributed by atoms with E-state index < -0.39 is 17.5 Å². The first kappa shape index (κ1) is 20.9. The number of aromatic nitrogens is 1. The number of anilines is 2. The molecule has 0 bridgehead atoms. The Morgan fingerprint density at radius 2 is 1.87 bits per heavy atom. The third-order valence-corrected chi connectivity index (χ3v) is 5.20. The summed E-state index contributed by atoms with van der Waals surface area (Å²) in [5.41, 5.74) is 3.25. The molecule has 5 nitrogen and oxygen atoms in total. The molecule has 4 rings (SSSR count). The Kier molecular flexibility index (Phi) is 5.90. The molecule has 3 aromatic rings. The Bertz CT molecular complexity index is 1110. The van der Waals surface area contributed by atoms with Crippen LogP contribution in [0.15, 0.2) is 48.7 Å². The standard InChI is InChI=1S/C23H20F3N3O2/c24-18-11-15(12-19(25)22(18)26)10-14-4-6-28-21(13-14)29(8-9-30)23(31)17-2-1-3-20-16(17)5-7-27-20/h1-4,6,11-13,27,30H,5,7-10H2. The van der Waals surface area contributed by atoms with Gasteiger partial charge in [0.1, 0.15) is 5.82 Å². The molecule has 31 heavy (non-hydrogen) atoms. The van der Waals surface area contributed by atoms with E-state index in [9.17, 15) is 23.1 Å². The SMILES string of the molecule is O=C(c1cccc2c1CCN2)N(CCO)c1cc(Cc2cc(F)c(F)c(F)c2)ccn1. The van der Waals surface area contributed by atoms with E-state index in [1.807, 2.05) is 6.07 Å². The highest BCUT2D eigenvalue weighted by atomic mass is 19.2. The first-order valence-corrected chi connectivity index (χ1v) is 9.84. The number of rotatable bonds is 6. The van der Waals surface area contributed by atoms with Crippen molar-refractivity contribution in [1.29, 1.82) is 0 Å². The smallest absolute Gasteiger partial charge is 0.259 e. The average molecular weight is 427 g/mol. The zero-order chi connectivity index (χ0) is 22.0. The summed E-state index contributed by atoms with van der Waals surface area (Å²) in [5, 5.41) is 12.8. The largest absolute Gasteiger partial charge is 0.395 e. The second kappa shape index (κ2) is 8.77. The molecule has 0 fully saturated rings. The van der Waals surface area contributed by atoms with Crippen LogP contribution in [0.25, 0.3) is 0 Å². The summed E-state index contributed by atoms with van der Waals surface area (Å²) in [6.07, 6.45) is 2.32. The fourth-order valence-corrected chi connectivity index (χ4v) is 3.77. The Balaban J connectivity index is 1.64. The summed E-state index contributed by atoms with van der Waals surface area (Å²) < 4.78 is 40.3. The van der Waals surface area contributed by atoms with Gasteiger partial charge in [0.2, 0.25) is 0 Å². The molecule has 0 radical (unpaired) electrons. The summed E-state index contributed by atoms with van der Waals surface area (Å²) in [6, 6.07) is 10.6. The van der Waals surface area contributed by atoms with Crippen molar-refractivity contribution >= 4 is 17.4 Å². The van der Waals surface area contributed by atoms with Crippen LogP contribution in [0.2, 0.25) is 0 Å². The van der Waals surface area contributed by atoms with Crippen LogP contribution in [0.1, 0.15) is 27.0 Å². The number of carbonyl (C=O) groups excluding carboxylic acids is 1. The number of pyridine rings is 1. The van der Waals surface area contributed by atoms with E-state index >= 15 is 0 Å². The van der Waals surface area contributed by atoms with Gasteiger partial charge in [0, 0.05) is 24.0 Å². The van der Waals surface area contributed by atoms with E-state index in [0.29, 0.717) is 16.9 Å². The number of benzene rings is 2. The molecule has 1 amide bonds. The molecule has 0 saturated heterocycles. The molecule has 2 N–H and O–H groups in total. The summed E-state index contributed by atoms with van der Waals surface area (Å²) in [4.78, 5) is 18.9. The van der Waals surface area contributed by atoms with E-state index in [4.69, 9.17) is 0 Å². The molecule has 0 unspecified atom stereocenters. The van der Waals surface area contributed by atoms with Crippen LogP contribution in [0.3, 0.4) is 0 Å². The molecule has 1 aliphatic rings. The molecular weight excluding hydrogens is 407 g/mol. The number of nitrogens with zero attached hydrogens (tertiary/aromatic N) is 2. The molecule has 0 aliphatic carbocycles. The van der Waals surface area contributed by atoms with Crippen molar-refractivity contribution in [3.63, 3.8) is 0 Å². The Labute approximate surface area is 177 Å². The van der Waals surface area contributed by atoms with Crippen LogP contribution in [0.5, 0.6) is 0 Å². The van der Waals surface area contributed by atoms with Gasteiger partial charge in [-0.3, -0.25) is 9.69 Å². The molecule has 2 heterocycles. The molecule has 0 atom stereocenters. The number of hydrogen-bond donors (Lipinski definition) is 2. The van der Waals surface area contributed by atoms with Crippen LogP contribution >= 0.6 is 0 Å². The second-order valence-corrected chi connectivity index (χ2v) is 7.26. The van der Waals surface area contributed by atoms with Crippen LogP contribution in [-0.4, -0.2) is 35.7 Å². The van der Waals surface area contributed by atoms with Gasteiger partial charge in [-0.05, 0) is 65.9 Å². The van der Waals surface area contributed by atoms with E-state index in [0.717, 1.165) is 36.3 Å². The van der Waals surface area contributed by atoms with E-state index in [2.05, 4.69) is 10.3 Å². The van der Waals surface area contributed by atoms with Crippen LogP contribution in [-0.2, 0) is 12.8 Å². The van der Waals surface area contributed by atoms with Crippen molar-refractivity contribution in [3.05, 3.63) is 88.4 Å². The van der Waals surface area contributed by atoms with Crippen molar-refractivity contribution in [1.82, 2.24) is 4.98 Å². The van der Waals surface area contributed by atoms with Crippen molar-refractivity contribution < 1.29 is 23.1 Å². The third kappa shape index (κ3) is 4.25. The molecule has 2 aromatic carbocycles. The lowest BCUT2D eigenvalue weighted by molar-refractivity contribution is 0.0979. The zero-order valence-electron chi connectivity index (χ0n) is 16.5. The molecular formula is C23H20F3N3O2. The highest BCUT2D eigenvalue weighted by Crippen LogP contribution is 2.28. The molecule has 160 valence electrons. The van der Waals surface area contributed by atoms with Gasteiger partial charge in [-0.25, -0.2) is 18.2 Å². The van der Waals surface area contributed by atoms with Crippen molar-refractivity contribution in [3.8, 4) is 0 Å². The van der Waals surface area contributed by atoms with Crippen LogP contribution in [0, 0.1) is 17.5 Å². The van der Waals surface area contributed by atoms with Gasteiger partial charge in [-0.2, -0.15) is 0 Å². The highest BCUT2D eigenvalue weighted by molar-refractivity contribution is 6.07. The van der Waals surface area contributed by atoms with E-state index in [1.165, 1.54) is 11.1 Å². The quantitative estimate of drug-likeness (QED) is 0.589. The monoisotopic (exact) mass is 427 g/mol. The third-order valence-electron chi connectivity index (χ3n) is 5.20. The average Bonchev–Trinajstić information content (AvgIpc) is 3.24. The number of fused-ring (bicyclic) bond motifs is 1. The van der Waals surface area contributed by atoms with Crippen molar-refractivity contribution in [2.24, 2.45) is 0 Å². The molecule has 8 heteroatoms. The Morgan fingerprint density at radius 3 is 2.61 bits per heavy atom. The van der Waals surface area contributed by atoms with Gasteiger partial charge in [0.15, 0.2) is 17.5 Å². The summed E-state index contributed by atoms with van der Waals surface area (Å²) in [5.74, 6) is -4.01. The van der Waals surface area contributed by atoms with Crippen LogP contribution < -0.4 is 10.2 Å². The number of carbonyl (C=O) groups is 1. The lowest BCUT2D eigenvalue weighted by atomic mass is 10.0. The number of hydrogen-bond acceptors (Lipinski definition) is 4. The Hall–Kier alpha value is -3.39. The first-order valence-electron chi connectivity index (χ1n) is 9.84. The van der Waals surface area contributed by atoms with Gasteiger partial charge < -0.3 is 10.4 Å². The van der Waals surface area contributed by atoms with E-state index in [1.54, 1.807) is 24.3 Å². The predicted octanol–water partition coefficient (Wildman–Crippen LogP) is 3.70.